The normalized spacial score (nSPS) is 17.6. The molecule has 3 unspecified atom stereocenters. The highest BCUT2D eigenvalue weighted by Crippen LogP contribution is 2.53. The summed E-state index contributed by atoms with van der Waals surface area (Å²) in [4.78, 5) is 0. The van der Waals surface area contributed by atoms with Gasteiger partial charge in [-0.3, -0.25) is 0 Å². The van der Waals surface area contributed by atoms with E-state index in [9.17, 15) is 0 Å². The van der Waals surface area contributed by atoms with Crippen LogP contribution in [0.25, 0.3) is 61.0 Å². The average Bonchev–Trinajstić information content (AvgIpc) is 3.52. The first-order chi connectivity index (χ1) is 29.8. The van der Waals surface area contributed by atoms with E-state index in [1.165, 1.54) is 99.4 Å². The monoisotopic (exact) mass is 809 g/mol. The van der Waals surface area contributed by atoms with E-state index in [0.29, 0.717) is 5.92 Å². The van der Waals surface area contributed by atoms with Gasteiger partial charge in [0.15, 0.2) is 0 Å². The first kappa shape index (κ1) is 41.6. The highest BCUT2D eigenvalue weighted by molar-refractivity contribution is 6.15. The molecule has 1 nitrogen and oxygen atoms in total. The van der Waals surface area contributed by atoms with Crippen molar-refractivity contribution in [2.24, 2.45) is 5.73 Å². The SMILES string of the molecule is C/C=C\c1cc(-c2c3ccccc3c(C3C=CC=C(C(C)(CC)c4ccc5c(c4)C(C)(C)c4cc(-c6ccc(C(C)(N)CC)cc6)ccc4-5)C3)c3ccccc23)ccc1C(C)C. The molecular weight excluding hydrogens is 747 g/mol. The van der Waals surface area contributed by atoms with Gasteiger partial charge in [0.05, 0.1) is 0 Å². The van der Waals surface area contributed by atoms with E-state index in [2.05, 4.69) is 220 Å². The van der Waals surface area contributed by atoms with E-state index in [1.54, 1.807) is 0 Å². The second-order valence-electron chi connectivity index (χ2n) is 19.4. The number of fused-ring (bicyclic) bond motifs is 5. The van der Waals surface area contributed by atoms with Crippen molar-refractivity contribution in [1.82, 2.24) is 0 Å². The van der Waals surface area contributed by atoms with Crippen molar-refractivity contribution in [3.8, 4) is 33.4 Å². The minimum Gasteiger partial charge on any atom is -0.322 e. The molecule has 0 amide bonds. The maximum atomic E-state index is 6.59. The molecule has 62 heavy (non-hydrogen) atoms. The number of rotatable bonds is 10. The van der Waals surface area contributed by atoms with Gasteiger partial charge in [-0.2, -0.15) is 0 Å². The molecule has 0 aliphatic heterocycles. The van der Waals surface area contributed by atoms with Crippen molar-refractivity contribution in [1.29, 1.82) is 0 Å². The Morgan fingerprint density at radius 1 is 0.677 bits per heavy atom. The zero-order chi connectivity index (χ0) is 43.6. The van der Waals surface area contributed by atoms with Crippen molar-refractivity contribution in [2.45, 2.75) is 110 Å². The maximum Gasteiger partial charge on any atom is 0.0378 e. The minimum atomic E-state index is -0.318. The Labute approximate surface area is 371 Å². The van der Waals surface area contributed by atoms with Crippen molar-refractivity contribution < 1.29 is 0 Å². The average molecular weight is 810 g/mol. The van der Waals surface area contributed by atoms with Gasteiger partial charge in [0.1, 0.15) is 0 Å². The summed E-state index contributed by atoms with van der Waals surface area (Å²) in [6, 6.07) is 48.8. The summed E-state index contributed by atoms with van der Waals surface area (Å²) in [7, 11) is 0. The molecule has 2 aliphatic rings. The van der Waals surface area contributed by atoms with Crippen molar-refractivity contribution >= 4 is 27.6 Å². The van der Waals surface area contributed by atoms with Crippen LogP contribution in [0, 0.1) is 0 Å². The van der Waals surface area contributed by atoms with Crippen LogP contribution < -0.4 is 5.73 Å². The highest BCUT2D eigenvalue weighted by atomic mass is 14.7. The zero-order valence-electron chi connectivity index (χ0n) is 38.4. The molecule has 3 atom stereocenters. The Morgan fingerprint density at radius 2 is 1.26 bits per heavy atom. The molecule has 312 valence electrons. The number of allylic oxidation sites excluding steroid dienone is 5. The zero-order valence-corrected chi connectivity index (χ0v) is 38.4. The van der Waals surface area contributed by atoms with Crippen LogP contribution in [0.2, 0.25) is 0 Å². The van der Waals surface area contributed by atoms with Crippen LogP contribution in [0.1, 0.15) is 132 Å². The van der Waals surface area contributed by atoms with E-state index < -0.39 is 0 Å². The van der Waals surface area contributed by atoms with Crippen molar-refractivity contribution in [3.63, 3.8) is 0 Å². The van der Waals surface area contributed by atoms with Crippen LogP contribution in [0.4, 0.5) is 0 Å². The molecular formula is C61H63N. The molecule has 0 fully saturated rings. The molecule has 0 bridgehead atoms. The lowest BCUT2D eigenvalue weighted by atomic mass is 9.67. The lowest BCUT2D eigenvalue weighted by molar-refractivity contribution is 0.476. The quantitative estimate of drug-likeness (QED) is 0.137. The summed E-state index contributed by atoms with van der Waals surface area (Å²) >= 11 is 0. The van der Waals surface area contributed by atoms with E-state index in [0.717, 1.165) is 19.3 Å². The van der Waals surface area contributed by atoms with E-state index in [1.807, 2.05) is 0 Å². The molecule has 0 saturated heterocycles. The smallest absolute Gasteiger partial charge is 0.0378 e. The fourth-order valence-corrected chi connectivity index (χ4v) is 10.9. The number of benzene rings is 7. The summed E-state index contributed by atoms with van der Waals surface area (Å²) in [5, 5.41) is 5.34. The molecule has 0 heterocycles. The molecule has 0 saturated carbocycles. The Balaban J connectivity index is 1.08. The molecule has 7 aromatic rings. The summed E-state index contributed by atoms with van der Waals surface area (Å²) in [6.07, 6.45) is 14.6. The summed E-state index contributed by atoms with van der Waals surface area (Å²) < 4.78 is 0. The first-order valence-electron chi connectivity index (χ1n) is 23.1. The van der Waals surface area contributed by atoms with Gasteiger partial charge in [-0.05, 0) is 145 Å². The Morgan fingerprint density at radius 3 is 1.87 bits per heavy atom. The highest BCUT2D eigenvalue weighted by Gasteiger charge is 2.39. The summed E-state index contributed by atoms with van der Waals surface area (Å²) in [5.74, 6) is 0.701. The van der Waals surface area contributed by atoms with E-state index in [4.69, 9.17) is 5.73 Å². The Kier molecular flexibility index (Phi) is 10.6. The predicted octanol–water partition coefficient (Wildman–Crippen LogP) is 16.7. The third-order valence-electron chi connectivity index (χ3n) is 15.1. The second-order valence-corrected chi connectivity index (χ2v) is 19.4. The van der Waals surface area contributed by atoms with Gasteiger partial charge in [-0.15, -0.1) is 0 Å². The van der Waals surface area contributed by atoms with Crippen LogP contribution in [0.15, 0.2) is 157 Å². The molecule has 0 spiro atoms. The second kappa shape index (κ2) is 15.9. The van der Waals surface area contributed by atoms with Gasteiger partial charge >= 0.3 is 0 Å². The van der Waals surface area contributed by atoms with Crippen molar-refractivity contribution in [2.75, 3.05) is 0 Å². The minimum absolute atomic E-state index is 0.126. The lowest BCUT2D eigenvalue weighted by Gasteiger charge is -2.36. The topological polar surface area (TPSA) is 26.0 Å². The lowest BCUT2D eigenvalue weighted by Crippen LogP contribution is -2.31. The molecule has 7 aromatic carbocycles. The molecule has 1 heteroatoms. The van der Waals surface area contributed by atoms with Crippen LogP contribution in [-0.4, -0.2) is 0 Å². The number of hydrogen-bond donors (Lipinski definition) is 1. The third-order valence-corrected chi connectivity index (χ3v) is 15.1. The van der Waals surface area contributed by atoms with Gasteiger partial charge in [0.25, 0.3) is 0 Å². The molecule has 2 N–H and O–H groups in total. The fourth-order valence-electron chi connectivity index (χ4n) is 10.9. The molecule has 0 radical (unpaired) electrons. The fraction of sp³-hybridized carbons (Fsp3) is 0.279. The Bertz CT molecular complexity index is 2890. The van der Waals surface area contributed by atoms with Gasteiger partial charge in [-0.1, -0.05) is 200 Å². The molecule has 0 aromatic heterocycles. The summed E-state index contributed by atoms with van der Waals surface area (Å²) in [6.45, 7) is 20.7. The standard InChI is InChI=1S/C61H63N/c1-10-18-42-35-44(28-32-48(42)39(4)5)58-53-23-15-13-21-51(53)57(52-22-14-16-24-54(52)58)43-19-17-20-46(36-43)60(8,11-2)47-31-34-50-49-33-27-41(37-55(49)59(6,7)56(50)38-47)40-25-29-45(30-26-40)61(9,62)12-3/h10,13-35,37-39,43H,11-12,36,62H2,1-9H3/b18-10-. The number of nitrogens with two attached hydrogens (primary N) is 1. The van der Waals surface area contributed by atoms with Crippen LogP contribution in [-0.2, 0) is 16.4 Å². The van der Waals surface area contributed by atoms with Gasteiger partial charge < -0.3 is 5.73 Å². The van der Waals surface area contributed by atoms with Gasteiger partial charge in [0.2, 0.25) is 0 Å². The van der Waals surface area contributed by atoms with Gasteiger partial charge in [-0.25, -0.2) is 0 Å². The van der Waals surface area contributed by atoms with Crippen LogP contribution in [0.5, 0.6) is 0 Å². The largest absolute Gasteiger partial charge is 0.322 e. The van der Waals surface area contributed by atoms with E-state index >= 15 is 0 Å². The van der Waals surface area contributed by atoms with Crippen molar-refractivity contribution in [3.05, 3.63) is 196 Å². The predicted molar refractivity (Wildman–Crippen MR) is 269 cm³/mol. The molecule has 2 aliphatic carbocycles. The van der Waals surface area contributed by atoms with Crippen LogP contribution in [0.3, 0.4) is 0 Å². The van der Waals surface area contributed by atoms with E-state index in [-0.39, 0.29) is 22.3 Å². The number of hydrogen-bond acceptors (Lipinski definition) is 1. The molecule has 9 rings (SSSR count). The summed E-state index contributed by atoms with van der Waals surface area (Å²) in [5.41, 5.74) is 24.9. The third kappa shape index (κ3) is 6.81. The maximum absolute atomic E-state index is 6.59. The Hall–Kier alpha value is -5.76. The first-order valence-corrected chi connectivity index (χ1v) is 23.1. The van der Waals surface area contributed by atoms with Gasteiger partial charge in [0, 0.05) is 22.3 Å². The van der Waals surface area contributed by atoms with Crippen LogP contribution >= 0.6 is 0 Å².